The van der Waals surface area contributed by atoms with Crippen molar-refractivity contribution in [2.75, 3.05) is 12.4 Å². The summed E-state index contributed by atoms with van der Waals surface area (Å²) >= 11 is 0. The number of methoxy groups -OCH3 is 1. The van der Waals surface area contributed by atoms with Gasteiger partial charge >= 0.3 is 0 Å². The zero-order valence-corrected chi connectivity index (χ0v) is 14.8. The molecule has 3 heteroatoms. The Hall–Kier alpha value is -2.55. The molecule has 0 heterocycles. The highest BCUT2D eigenvalue weighted by Gasteiger charge is 2.16. The number of hydrogen-bond donors (Lipinski definition) is 1. The number of nitrogens with one attached hydrogen (secondary N) is 1. The monoisotopic (exact) mass is 325 g/mol. The molecular formula is C21H24FNO. The van der Waals surface area contributed by atoms with Crippen LogP contribution in [0, 0.1) is 26.6 Å². The fourth-order valence-corrected chi connectivity index (χ4v) is 2.89. The van der Waals surface area contributed by atoms with Crippen molar-refractivity contribution < 1.29 is 9.13 Å². The number of benzene rings is 2. The standard InChI is InChI=1S/C21H24FNO/c1-7-8-18-15(4)20(24-6)11-14(3)21(18)16(5)23-17-10-9-13(2)19(22)12-17/h7,9-12,23H,1,5,8H2,2-4,6H3. The minimum atomic E-state index is -0.234. The normalized spacial score (nSPS) is 10.4. The van der Waals surface area contributed by atoms with Crippen molar-refractivity contribution in [2.24, 2.45) is 0 Å². The van der Waals surface area contributed by atoms with Gasteiger partial charge in [0.15, 0.2) is 0 Å². The van der Waals surface area contributed by atoms with E-state index in [0.29, 0.717) is 17.7 Å². The van der Waals surface area contributed by atoms with Gasteiger partial charge in [0.25, 0.3) is 0 Å². The maximum Gasteiger partial charge on any atom is 0.128 e. The molecule has 2 nitrogen and oxygen atoms in total. The molecule has 2 aromatic carbocycles. The van der Waals surface area contributed by atoms with Crippen molar-refractivity contribution in [1.82, 2.24) is 0 Å². The van der Waals surface area contributed by atoms with E-state index in [-0.39, 0.29) is 5.82 Å². The molecule has 0 bridgehead atoms. The summed E-state index contributed by atoms with van der Waals surface area (Å²) in [5.74, 6) is 0.615. The first kappa shape index (κ1) is 17.8. The van der Waals surface area contributed by atoms with E-state index in [4.69, 9.17) is 4.74 Å². The molecule has 0 aliphatic rings. The molecule has 0 spiro atoms. The molecule has 0 aliphatic heterocycles. The number of rotatable bonds is 6. The largest absolute Gasteiger partial charge is 0.496 e. The summed E-state index contributed by atoms with van der Waals surface area (Å²) in [5, 5.41) is 3.22. The van der Waals surface area contributed by atoms with Crippen LogP contribution in [0.1, 0.15) is 27.8 Å². The summed E-state index contributed by atoms with van der Waals surface area (Å²) in [5.41, 5.74) is 6.30. The Bertz CT molecular complexity index is 793. The van der Waals surface area contributed by atoms with Crippen LogP contribution >= 0.6 is 0 Å². The smallest absolute Gasteiger partial charge is 0.128 e. The molecule has 2 aromatic rings. The second-order valence-corrected chi connectivity index (χ2v) is 5.93. The van der Waals surface area contributed by atoms with Gasteiger partial charge in [-0.15, -0.1) is 6.58 Å². The first-order chi connectivity index (χ1) is 11.4. The number of allylic oxidation sites excluding steroid dienone is 1. The molecule has 0 fully saturated rings. The van der Waals surface area contributed by atoms with Gasteiger partial charge in [0.2, 0.25) is 0 Å². The molecule has 1 N–H and O–H groups in total. The van der Waals surface area contributed by atoms with Crippen LogP contribution in [0.4, 0.5) is 10.1 Å². The van der Waals surface area contributed by atoms with E-state index in [1.807, 2.05) is 32.1 Å². The minimum absolute atomic E-state index is 0.234. The molecule has 0 amide bonds. The molecule has 0 saturated heterocycles. The SMILES string of the molecule is C=CCc1c(C)c(OC)cc(C)c1C(=C)Nc1ccc(C)c(F)c1. The Labute approximate surface area is 143 Å². The van der Waals surface area contributed by atoms with Crippen LogP contribution in [0.25, 0.3) is 5.70 Å². The number of anilines is 1. The maximum absolute atomic E-state index is 13.8. The predicted molar refractivity (Wildman–Crippen MR) is 100 cm³/mol. The topological polar surface area (TPSA) is 21.3 Å². The predicted octanol–water partition coefficient (Wildman–Crippen LogP) is 5.57. The van der Waals surface area contributed by atoms with Gasteiger partial charge < -0.3 is 10.1 Å². The summed E-state index contributed by atoms with van der Waals surface area (Å²) in [6.07, 6.45) is 2.58. The fourth-order valence-electron chi connectivity index (χ4n) is 2.89. The van der Waals surface area contributed by atoms with Gasteiger partial charge in [-0.3, -0.25) is 0 Å². The van der Waals surface area contributed by atoms with E-state index in [0.717, 1.165) is 33.7 Å². The van der Waals surface area contributed by atoms with E-state index in [1.165, 1.54) is 6.07 Å². The molecular weight excluding hydrogens is 301 g/mol. The van der Waals surface area contributed by atoms with E-state index in [9.17, 15) is 4.39 Å². The minimum Gasteiger partial charge on any atom is -0.496 e. The quantitative estimate of drug-likeness (QED) is 0.701. The van der Waals surface area contributed by atoms with Gasteiger partial charge in [0.05, 0.1) is 7.11 Å². The van der Waals surface area contributed by atoms with Crippen molar-refractivity contribution in [3.63, 3.8) is 0 Å². The third kappa shape index (κ3) is 3.51. The summed E-state index contributed by atoms with van der Waals surface area (Å²) in [6, 6.07) is 7.09. The van der Waals surface area contributed by atoms with Gasteiger partial charge in [0.1, 0.15) is 11.6 Å². The number of hydrogen-bond acceptors (Lipinski definition) is 2. The van der Waals surface area contributed by atoms with Crippen LogP contribution in [-0.4, -0.2) is 7.11 Å². The van der Waals surface area contributed by atoms with Gasteiger partial charge in [-0.05, 0) is 67.6 Å². The van der Waals surface area contributed by atoms with Crippen molar-refractivity contribution in [3.05, 3.63) is 77.1 Å². The third-order valence-corrected chi connectivity index (χ3v) is 4.20. The lowest BCUT2D eigenvalue weighted by atomic mass is 9.92. The second kappa shape index (κ2) is 7.35. The zero-order chi connectivity index (χ0) is 17.9. The Kier molecular flexibility index (Phi) is 5.45. The molecule has 24 heavy (non-hydrogen) atoms. The fraction of sp³-hybridized carbons (Fsp3) is 0.238. The highest BCUT2D eigenvalue weighted by molar-refractivity contribution is 5.80. The van der Waals surface area contributed by atoms with Crippen LogP contribution in [0.2, 0.25) is 0 Å². The van der Waals surface area contributed by atoms with Gasteiger partial charge in [0, 0.05) is 16.9 Å². The van der Waals surface area contributed by atoms with Crippen molar-refractivity contribution in [3.8, 4) is 5.75 Å². The average molecular weight is 325 g/mol. The molecule has 0 radical (unpaired) electrons. The average Bonchev–Trinajstić information content (AvgIpc) is 2.54. The summed E-state index contributed by atoms with van der Waals surface area (Å²) in [4.78, 5) is 0. The van der Waals surface area contributed by atoms with Crippen molar-refractivity contribution in [2.45, 2.75) is 27.2 Å². The van der Waals surface area contributed by atoms with Crippen LogP contribution < -0.4 is 10.1 Å². The molecule has 0 atom stereocenters. The summed E-state index contributed by atoms with van der Waals surface area (Å²) in [6.45, 7) is 13.8. The van der Waals surface area contributed by atoms with E-state index in [1.54, 1.807) is 20.1 Å². The number of ether oxygens (including phenoxy) is 1. The molecule has 0 saturated carbocycles. The van der Waals surface area contributed by atoms with Crippen LogP contribution in [0.5, 0.6) is 5.75 Å². The lowest BCUT2D eigenvalue weighted by Gasteiger charge is -2.20. The van der Waals surface area contributed by atoms with Crippen molar-refractivity contribution >= 4 is 11.4 Å². The molecule has 126 valence electrons. The Balaban J connectivity index is 2.46. The maximum atomic E-state index is 13.8. The molecule has 2 rings (SSSR count). The lowest BCUT2D eigenvalue weighted by molar-refractivity contribution is 0.410. The van der Waals surface area contributed by atoms with E-state index >= 15 is 0 Å². The van der Waals surface area contributed by atoms with Crippen LogP contribution in [0.3, 0.4) is 0 Å². The van der Waals surface area contributed by atoms with Gasteiger partial charge in [-0.2, -0.15) is 0 Å². The Morgan fingerprint density at radius 3 is 2.50 bits per heavy atom. The summed E-state index contributed by atoms with van der Waals surface area (Å²) < 4.78 is 19.2. The van der Waals surface area contributed by atoms with E-state index in [2.05, 4.69) is 18.5 Å². The highest BCUT2D eigenvalue weighted by atomic mass is 19.1. The zero-order valence-electron chi connectivity index (χ0n) is 14.8. The van der Waals surface area contributed by atoms with Crippen LogP contribution in [0.15, 0.2) is 43.5 Å². The Morgan fingerprint density at radius 1 is 1.21 bits per heavy atom. The van der Waals surface area contributed by atoms with Gasteiger partial charge in [-0.1, -0.05) is 18.7 Å². The van der Waals surface area contributed by atoms with E-state index < -0.39 is 0 Å². The second-order valence-electron chi connectivity index (χ2n) is 5.93. The van der Waals surface area contributed by atoms with Crippen LogP contribution in [-0.2, 0) is 6.42 Å². The third-order valence-electron chi connectivity index (χ3n) is 4.20. The first-order valence-electron chi connectivity index (χ1n) is 7.89. The molecule has 0 aromatic heterocycles. The van der Waals surface area contributed by atoms with Crippen molar-refractivity contribution in [1.29, 1.82) is 0 Å². The van der Waals surface area contributed by atoms with Gasteiger partial charge in [-0.25, -0.2) is 4.39 Å². The Morgan fingerprint density at radius 2 is 1.92 bits per heavy atom. The summed E-state index contributed by atoms with van der Waals surface area (Å²) in [7, 11) is 1.67. The number of aryl methyl sites for hydroxylation is 2. The highest BCUT2D eigenvalue weighted by Crippen LogP contribution is 2.33. The molecule has 0 aliphatic carbocycles. The first-order valence-corrected chi connectivity index (χ1v) is 7.89. The number of halogens is 1. The lowest BCUT2D eigenvalue weighted by Crippen LogP contribution is -2.07. The molecule has 0 unspecified atom stereocenters.